The van der Waals surface area contributed by atoms with Gasteiger partial charge in [0.2, 0.25) is 0 Å². The lowest BCUT2D eigenvalue weighted by atomic mass is 10.1. The number of nitrogens with one attached hydrogen (secondary N) is 2. The molecule has 2 unspecified atom stereocenters. The highest BCUT2D eigenvalue weighted by Crippen LogP contribution is 2.39. The molecule has 10 rings (SSSR count). The van der Waals surface area contributed by atoms with Crippen molar-refractivity contribution in [2.45, 2.75) is 24.4 Å². The number of para-hydroxylation sites is 2. The van der Waals surface area contributed by atoms with Crippen molar-refractivity contribution < 1.29 is 50.3 Å². The zero-order valence-electron chi connectivity index (χ0n) is 34.5. The number of anilines is 2. The molecule has 13 nitrogen and oxygen atoms in total. The second kappa shape index (κ2) is 19.5. The molecule has 4 aromatic heterocycles. The summed E-state index contributed by atoms with van der Waals surface area (Å²) >= 11 is 0. The number of hydrogen-bond acceptors (Lipinski definition) is 12. The van der Waals surface area contributed by atoms with E-state index in [1.54, 1.807) is 62.8 Å². The molecule has 8 aromatic rings. The summed E-state index contributed by atoms with van der Waals surface area (Å²) in [6.07, 6.45) is -8.93. The highest BCUT2D eigenvalue weighted by atomic mass is 35.5. The average molecular weight is 948 g/mol. The second-order valence-electron chi connectivity index (χ2n) is 14.9. The minimum atomic E-state index is -4.47. The molecular weight excluding hydrogens is 905 g/mol. The van der Waals surface area contributed by atoms with Crippen molar-refractivity contribution in [1.82, 2.24) is 30.9 Å². The van der Waals surface area contributed by atoms with Gasteiger partial charge in [0.25, 0.3) is 0 Å². The van der Waals surface area contributed by atoms with E-state index in [-0.39, 0.29) is 53.1 Å². The third kappa shape index (κ3) is 9.79. The Balaban J connectivity index is 0.000000206. The number of pyridine rings is 2. The summed E-state index contributed by atoms with van der Waals surface area (Å²) in [7, 11) is 3.15. The molecule has 65 heavy (non-hydrogen) atoms. The first kappa shape index (κ1) is 48.3. The lowest BCUT2D eigenvalue weighted by Crippen LogP contribution is -2.46. The van der Waals surface area contributed by atoms with E-state index in [4.69, 9.17) is 18.5 Å². The van der Waals surface area contributed by atoms with Gasteiger partial charge in [0, 0.05) is 72.9 Å². The Morgan fingerprint density at radius 2 is 0.969 bits per heavy atom. The first-order valence-corrected chi connectivity index (χ1v) is 19.6. The number of piperazine rings is 2. The summed E-state index contributed by atoms with van der Waals surface area (Å²) in [6.45, 7) is 3.04. The fraction of sp³-hybridized carbons (Fsp3) is 0.273. The maximum atomic E-state index is 13.7. The van der Waals surface area contributed by atoms with Crippen LogP contribution < -0.4 is 29.9 Å². The fourth-order valence-corrected chi connectivity index (χ4v) is 8.03. The lowest BCUT2D eigenvalue weighted by Gasteiger charge is -2.34. The number of rotatable bonds is 6. The molecule has 2 atom stereocenters. The number of halogens is 8. The van der Waals surface area contributed by atoms with Gasteiger partial charge in [0.05, 0.1) is 48.5 Å². The van der Waals surface area contributed by atoms with Crippen LogP contribution in [0.4, 0.5) is 38.0 Å². The molecule has 0 bridgehead atoms. The van der Waals surface area contributed by atoms with Crippen LogP contribution in [0.15, 0.2) is 106 Å². The van der Waals surface area contributed by atoms with Crippen molar-refractivity contribution in [2.75, 3.05) is 63.3 Å². The Morgan fingerprint density at radius 3 is 1.35 bits per heavy atom. The first-order chi connectivity index (χ1) is 29.9. The summed E-state index contributed by atoms with van der Waals surface area (Å²) in [6, 6.07) is 25.4. The van der Waals surface area contributed by atoms with Gasteiger partial charge in [-0.15, -0.1) is 24.8 Å². The first-order valence-electron chi connectivity index (χ1n) is 19.6. The van der Waals surface area contributed by atoms with Crippen molar-refractivity contribution in [1.29, 1.82) is 0 Å². The van der Waals surface area contributed by atoms with Crippen LogP contribution in [0.2, 0.25) is 0 Å². The average Bonchev–Trinajstić information content (AvgIpc) is 3.92. The van der Waals surface area contributed by atoms with Crippen LogP contribution in [0.25, 0.3) is 43.7 Å². The molecule has 0 radical (unpaired) electrons. The number of aromatic nitrogens is 4. The van der Waals surface area contributed by atoms with Crippen LogP contribution in [-0.2, 0) is 12.4 Å². The number of alkyl halides is 6. The molecule has 2 aliphatic rings. The van der Waals surface area contributed by atoms with E-state index in [0.717, 1.165) is 22.9 Å². The van der Waals surface area contributed by atoms with Crippen LogP contribution in [0.1, 0.15) is 34.6 Å². The molecule has 0 amide bonds. The second-order valence-corrected chi connectivity index (χ2v) is 14.9. The molecule has 0 aliphatic carbocycles. The highest BCUT2D eigenvalue weighted by Gasteiger charge is 2.36. The summed E-state index contributed by atoms with van der Waals surface area (Å²) in [5, 5.41) is 17.0. The van der Waals surface area contributed by atoms with Crippen LogP contribution in [0.3, 0.4) is 0 Å². The molecule has 0 saturated carbocycles. The standard InChI is InChI=1S/2C22H19F3N4O2.2ClH.H2O/c2*1-30-13-6-7-15-19(10-13)31-28-21(15)18-12-29(9-8-26-18)20-11-16(22(23,24)25)14-4-2-3-5-17(14)27-20;;;/h2*2-7,10-11,18,26H,8-9,12H2,1H3;2*1H;1H2. The van der Waals surface area contributed by atoms with Gasteiger partial charge in [0.15, 0.2) is 11.2 Å². The van der Waals surface area contributed by atoms with E-state index in [1.165, 1.54) is 12.1 Å². The van der Waals surface area contributed by atoms with Gasteiger partial charge < -0.3 is 44.4 Å². The maximum absolute atomic E-state index is 13.7. The Kier molecular flexibility index (Phi) is 14.5. The Morgan fingerprint density at radius 1 is 0.569 bits per heavy atom. The number of benzene rings is 4. The fourth-order valence-electron chi connectivity index (χ4n) is 8.03. The van der Waals surface area contributed by atoms with Crippen molar-refractivity contribution in [3.05, 3.63) is 120 Å². The number of fused-ring (bicyclic) bond motifs is 4. The lowest BCUT2D eigenvalue weighted by molar-refractivity contribution is -0.137. The predicted molar refractivity (Wildman–Crippen MR) is 239 cm³/mol. The molecule has 21 heteroatoms. The molecule has 4 N–H and O–H groups in total. The van der Waals surface area contributed by atoms with Gasteiger partial charge >= 0.3 is 12.4 Å². The molecular formula is C44H42Cl2F6N8O5. The van der Waals surface area contributed by atoms with Crippen LogP contribution in [0.5, 0.6) is 11.5 Å². The maximum Gasteiger partial charge on any atom is 0.417 e. The van der Waals surface area contributed by atoms with Gasteiger partial charge in [-0.05, 0) is 48.5 Å². The van der Waals surface area contributed by atoms with E-state index in [9.17, 15) is 26.3 Å². The molecule has 2 fully saturated rings. The zero-order valence-corrected chi connectivity index (χ0v) is 36.2. The molecule has 0 spiro atoms. The molecule has 2 aliphatic heterocycles. The summed E-state index contributed by atoms with van der Waals surface area (Å²) in [5.41, 5.74) is 1.89. The number of methoxy groups -OCH3 is 2. The van der Waals surface area contributed by atoms with E-state index >= 15 is 0 Å². The van der Waals surface area contributed by atoms with E-state index in [1.807, 2.05) is 34.1 Å². The summed E-state index contributed by atoms with van der Waals surface area (Å²) in [5.74, 6) is 1.92. The monoisotopic (exact) mass is 946 g/mol. The minimum Gasteiger partial charge on any atom is -0.497 e. The van der Waals surface area contributed by atoms with E-state index in [2.05, 4.69) is 30.9 Å². The topological polar surface area (TPSA) is 158 Å². The smallest absolute Gasteiger partial charge is 0.417 e. The van der Waals surface area contributed by atoms with Gasteiger partial charge in [-0.1, -0.05) is 46.7 Å². The van der Waals surface area contributed by atoms with Crippen LogP contribution in [0, 0.1) is 0 Å². The number of hydrogen-bond donors (Lipinski definition) is 2. The molecule has 2 saturated heterocycles. The minimum absolute atomic E-state index is 0. The van der Waals surface area contributed by atoms with E-state index in [0.29, 0.717) is 96.0 Å². The van der Waals surface area contributed by atoms with Crippen LogP contribution in [-0.4, -0.2) is 79.2 Å². The third-order valence-electron chi connectivity index (χ3n) is 11.1. The molecule has 4 aromatic carbocycles. The number of ether oxygens (including phenoxy) is 2. The van der Waals surface area contributed by atoms with Crippen molar-refractivity contribution >= 4 is 80.2 Å². The van der Waals surface area contributed by atoms with Crippen molar-refractivity contribution in [3.63, 3.8) is 0 Å². The van der Waals surface area contributed by atoms with Gasteiger partial charge in [-0.2, -0.15) is 26.3 Å². The van der Waals surface area contributed by atoms with E-state index < -0.39 is 23.5 Å². The Labute approximate surface area is 379 Å². The normalized spacial score (nSPS) is 16.6. The molecule has 6 heterocycles. The molecule has 344 valence electrons. The SMILES string of the molecule is COc1ccc2c(C3CN(c4cc(C(F)(F)F)c5ccccc5n4)CCN3)noc2c1.COc1ccc2c(C3CN(c4cc(C(F)(F)F)c5ccccc5n4)CCN3)noc2c1.Cl.Cl.O. The largest absolute Gasteiger partial charge is 0.497 e. The zero-order chi connectivity index (χ0) is 43.2. The third-order valence-corrected chi connectivity index (χ3v) is 11.1. The summed E-state index contributed by atoms with van der Waals surface area (Å²) < 4.78 is 104. The quantitative estimate of drug-likeness (QED) is 0.153. The van der Waals surface area contributed by atoms with Gasteiger partial charge in [-0.25, -0.2) is 9.97 Å². The predicted octanol–water partition coefficient (Wildman–Crippen LogP) is 9.13. The van der Waals surface area contributed by atoms with Gasteiger partial charge in [-0.3, -0.25) is 0 Å². The summed E-state index contributed by atoms with van der Waals surface area (Å²) in [4.78, 5) is 12.7. The Hall–Kier alpha value is -6.12. The van der Waals surface area contributed by atoms with Crippen LogP contribution >= 0.6 is 24.8 Å². The van der Waals surface area contributed by atoms with Crippen molar-refractivity contribution in [2.24, 2.45) is 0 Å². The number of nitrogens with zero attached hydrogens (tertiary/aromatic N) is 6. The van der Waals surface area contributed by atoms with Crippen molar-refractivity contribution in [3.8, 4) is 11.5 Å². The van der Waals surface area contributed by atoms with Gasteiger partial charge in [0.1, 0.15) is 34.5 Å². The highest BCUT2D eigenvalue weighted by molar-refractivity contribution is 5.87. The Bertz CT molecular complexity index is 2720.